The zero-order valence-corrected chi connectivity index (χ0v) is 12.2. The Morgan fingerprint density at radius 3 is 2.23 bits per heavy atom. The van der Waals surface area contributed by atoms with Crippen LogP contribution in [0.5, 0.6) is 0 Å². The summed E-state index contributed by atoms with van der Waals surface area (Å²) in [5.74, 6) is 1.32. The van der Waals surface area contributed by atoms with Crippen LogP contribution in [-0.4, -0.2) is 6.18 Å². The molecule has 0 heterocycles. The standard InChI is InChI=1S/C6H5.C3F3.Hg/c1-2-4-6-5-3-1;1-2-3(4,5)6;/h1-5H;;. The molecule has 1 aromatic rings. The summed E-state index contributed by atoms with van der Waals surface area (Å²) in [5.41, 5.74) is 0. The van der Waals surface area contributed by atoms with Gasteiger partial charge in [0.05, 0.1) is 0 Å². The molecule has 1 rings (SSSR count). The van der Waals surface area contributed by atoms with Crippen molar-refractivity contribution in [1.82, 2.24) is 0 Å². The third kappa shape index (κ3) is 4.94. The van der Waals surface area contributed by atoms with E-state index in [0.29, 0.717) is 0 Å². The Morgan fingerprint density at radius 1 is 1.08 bits per heavy atom. The Kier molecular flexibility index (Phi) is 3.79. The van der Waals surface area contributed by atoms with Crippen LogP contribution in [0, 0.1) is 9.35 Å². The van der Waals surface area contributed by atoms with Gasteiger partial charge in [0, 0.05) is 0 Å². The first-order chi connectivity index (χ1) is 6.08. The van der Waals surface area contributed by atoms with Gasteiger partial charge in [-0.25, -0.2) is 0 Å². The molecule has 0 unspecified atom stereocenters. The topological polar surface area (TPSA) is 0 Å². The molecule has 0 atom stereocenters. The van der Waals surface area contributed by atoms with E-state index in [0.717, 1.165) is 3.07 Å². The van der Waals surface area contributed by atoms with Crippen molar-refractivity contribution >= 4 is 3.07 Å². The van der Waals surface area contributed by atoms with E-state index in [4.69, 9.17) is 0 Å². The van der Waals surface area contributed by atoms with Crippen LogP contribution in [0.2, 0.25) is 0 Å². The summed E-state index contributed by atoms with van der Waals surface area (Å²) in [6, 6.07) is 9.17. The van der Waals surface area contributed by atoms with Gasteiger partial charge in [0.1, 0.15) is 0 Å². The van der Waals surface area contributed by atoms with Gasteiger partial charge >= 0.3 is 86.7 Å². The fraction of sp³-hybridized carbons (Fsp3) is 0.111. The molecule has 0 saturated carbocycles. The van der Waals surface area contributed by atoms with Gasteiger partial charge in [-0.3, -0.25) is 0 Å². The Morgan fingerprint density at radius 2 is 1.69 bits per heavy atom. The zero-order valence-electron chi connectivity index (χ0n) is 6.73. The van der Waals surface area contributed by atoms with Crippen molar-refractivity contribution in [2.75, 3.05) is 0 Å². The second kappa shape index (κ2) is 4.66. The van der Waals surface area contributed by atoms with Gasteiger partial charge in [-0.05, 0) is 0 Å². The Bertz CT molecular complexity index is 318. The van der Waals surface area contributed by atoms with Crippen LogP contribution in [-0.2, 0) is 24.6 Å². The molecule has 0 aromatic heterocycles. The normalized spacial score (nSPS) is 9.77. The predicted octanol–water partition coefficient (Wildman–Crippen LogP) is 1.92. The molecule has 0 aliphatic carbocycles. The number of hydrogen-bond donors (Lipinski definition) is 0. The van der Waals surface area contributed by atoms with Gasteiger partial charge in [0.25, 0.3) is 0 Å². The molecule has 64 valence electrons. The first kappa shape index (κ1) is 10.6. The molecule has 0 aliphatic rings. The summed E-state index contributed by atoms with van der Waals surface area (Å²) >= 11 is -1.80. The molecule has 0 radical (unpaired) electrons. The molecule has 0 spiro atoms. The van der Waals surface area contributed by atoms with E-state index < -0.39 is 30.8 Å². The van der Waals surface area contributed by atoms with Gasteiger partial charge in [-0.2, -0.15) is 0 Å². The number of hydrogen-bond acceptors (Lipinski definition) is 0. The van der Waals surface area contributed by atoms with Gasteiger partial charge in [-0.1, -0.05) is 0 Å². The molecule has 0 saturated heterocycles. The minimum atomic E-state index is -4.32. The van der Waals surface area contributed by atoms with E-state index in [1.165, 1.54) is 5.92 Å². The maximum atomic E-state index is 11.6. The van der Waals surface area contributed by atoms with Crippen molar-refractivity contribution in [1.29, 1.82) is 0 Å². The maximum absolute atomic E-state index is 11.6. The average molecular weight is 371 g/mol. The molecule has 0 nitrogen and oxygen atoms in total. The molecular weight excluding hydrogens is 366 g/mol. The average Bonchev–Trinajstić information content (AvgIpc) is 2.04. The fourth-order valence-corrected chi connectivity index (χ4v) is 4.73. The quantitative estimate of drug-likeness (QED) is 0.523. The van der Waals surface area contributed by atoms with Crippen molar-refractivity contribution in [2.45, 2.75) is 6.18 Å². The predicted molar refractivity (Wildman–Crippen MR) is 39.9 cm³/mol. The van der Waals surface area contributed by atoms with Crippen molar-refractivity contribution in [3.05, 3.63) is 30.3 Å². The summed E-state index contributed by atoms with van der Waals surface area (Å²) in [6.45, 7) is 0. The molecular formula is C9H5F3Hg. The van der Waals surface area contributed by atoms with Crippen molar-refractivity contribution < 1.29 is 37.7 Å². The molecule has 0 bridgehead atoms. The number of alkyl halides is 3. The third-order valence-corrected chi connectivity index (χ3v) is 6.16. The van der Waals surface area contributed by atoms with Crippen LogP contribution < -0.4 is 3.07 Å². The Hall–Kier alpha value is -0.495. The summed E-state index contributed by atoms with van der Waals surface area (Å²) in [4.78, 5) is 0. The fourth-order valence-electron chi connectivity index (χ4n) is 0.842. The number of halogens is 3. The van der Waals surface area contributed by atoms with Gasteiger partial charge in [0.2, 0.25) is 0 Å². The summed E-state index contributed by atoms with van der Waals surface area (Å²) in [6.07, 6.45) is -4.32. The molecule has 4 heteroatoms. The monoisotopic (exact) mass is 372 g/mol. The van der Waals surface area contributed by atoms with Crippen LogP contribution in [0.3, 0.4) is 0 Å². The second-order valence-electron chi connectivity index (χ2n) is 2.46. The third-order valence-electron chi connectivity index (χ3n) is 1.37. The molecule has 0 amide bonds. The van der Waals surface area contributed by atoms with E-state index in [-0.39, 0.29) is 0 Å². The number of rotatable bonds is 1. The minimum absolute atomic E-state index is 1.01. The summed E-state index contributed by atoms with van der Waals surface area (Å²) in [5, 5.41) is 0. The first-order valence-corrected chi connectivity index (χ1v) is 9.18. The van der Waals surface area contributed by atoms with Crippen LogP contribution in [0.15, 0.2) is 30.3 Å². The van der Waals surface area contributed by atoms with E-state index >= 15 is 0 Å². The van der Waals surface area contributed by atoms with Crippen LogP contribution in [0.25, 0.3) is 0 Å². The molecule has 0 aliphatic heterocycles. The van der Waals surface area contributed by atoms with Crippen molar-refractivity contribution in [3.8, 4) is 9.35 Å². The second-order valence-corrected chi connectivity index (χ2v) is 8.38. The van der Waals surface area contributed by atoms with Gasteiger partial charge in [0.15, 0.2) is 0 Å². The SMILES string of the molecule is FC(F)(F)C#[C][Hg][c]1ccccc1. The van der Waals surface area contributed by atoms with Crippen molar-refractivity contribution in [3.63, 3.8) is 0 Å². The van der Waals surface area contributed by atoms with E-state index in [1.807, 2.05) is 30.3 Å². The number of benzene rings is 1. The Balaban J connectivity index is 2.56. The van der Waals surface area contributed by atoms with E-state index in [1.54, 1.807) is 0 Å². The molecule has 13 heavy (non-hydrogen) atoms. The first-order valence-electron chi connectivity index (χ1n) is 3.68. The van der Waals surface area contributed by atoms with Crippen molar-refractivity contribution in [2.24, 2.45) is 0 Å². The van der Waals surface area contributed by atoms with Crippen LogP contribution >= 0.6 is 0 Å². The van der Waals surface area contributed by atoms with E-state index in [9.17, 15) is 13.2 Å². The summed E-state index contributed by atoms with van der Waals surface area (Å²) in [7, 11) is 0. The van der Waals surface area contributed by atoms with Gasteiger partial charge < -0.3 is 0 Å². The molecule has 1 aromatic carbocycles. The zero-order chi connectivity index (χ0) is 9.73. The Labute approximate surface area is 86.6 Å². The van der Waals surface area contributed by atoms with Crippen LogP contribution in [0.4, 0.5) is 13.2 Å². The summed E-state index contributed by atoms with van der Waals surface area (Å²) < 4.78 is 38.2. The van der Waals surface area contributed by atoms with Gasteiger partial charge in [-0.15, -0.1) is 0 Å². The molecule has 0 fully saturated rings. The van der Waals surface area contributed by atoms with Crippen LogP contribution in [0.1, 0.15) is 0 Å². The molecule has 0 N–H and O–H groups in total. The van der Waals surface area contributed by atoms with E-state index in [2.05, 4.69) is 3.43 Å².